The first kappa shape index (κ1) is 15.7. The molecular formula is C16H25NO2S. The van der Waals surface area contributed by atoms with Crippen molar-refractivity contribution in [2.24, 2.45) is 0 Å². The van der Waals surface area contributed by atoms with E-state index in [1.165, 1.54) is 11.1 Å². The Morgan fingerprint density at radius 2 is 2.20 bits per heavy atom. The molecule has 0 saturated heterocycles. The number of fused-ring (bicyclic) bond motifs is 1. The van der Waals surface area contributed by atoms with Gasteiger partial charge in [-0.15, -0.1) is 0 Å². The summed E-state index contributed by atoms with van der Waals surface area (Å²) in [5.74, 6) is 1.76. The Bertz CT molecular complexity index is 472. The van der Waals surface area contributed by atoms with Crippen LogP contribution >= 0.6 is 11.8 Å². The fourth-order valence-electron chi connectivity index (χ4n) is 2.65. The highest BCUT2D eigenvalue weighted by Crippen LogP contribution is 2.37. The van der Waals surface area contributed by atoms with Gasteiger partial charge in [0.05, 0.1) is 5.60 Å². The smallest absolute Gasteiger partial charge is 0.127 e. The number of hydrogen-bond donors (Lipinski definition) is 2. The molecule has 1 unspecified atom stereocenters. The number of nitrogens with one attached hydrogen (secondary N) is 1. The highest BCUT2D eigenvalue weighted by atomic mass is 32.2. The fraction of sp³-hybridized carbons (Fsp3) is 0.625. The van der Waals surface area contributed by atoms with Gasteiger partial charge in [-0.2, -0.15) is 11.8 Å². The van der Waals surface area contributed by atoms with E-state index in [2.05, 4.69) is 37.4 Å². The summed E-state index contributed by atoms with van der Waals surface area (Å²) in [5, 5.41) is 13.5. The molecule has 2 N–H and O–H groups in total. The Hall–Kier alpha value is -0.710. The van der Waals surface area contributed by atoms with Crippen LogP contribution in [0.2, 0.25) is 0 Å². The van der Waals surface area contributed by atoms with E-state index < -0.39 is 5.60 Å². The van der Waals surface area contributed by atoms with Crippen molar-refractivity contribution in [3.63, 3.8) is 0 Å². The van der Waals surface area contributed by atoms with E-state index in [0.29, 0.717) is 6.54 Å². The molecule has 1 heterocycles. The predicted molar refractivity (Wildman–Crippen MR) is 85.6 cm³/mol. The number of thioether (sulfide) groups is 1. The Labute approximate surface area is 126 Å². The zero-order valence-corrected chi connectivity index (χ0v) is 13.6. The summed E-state index contributed by atoms with van der Waals surface area (Å²) in [6, 6.07) is 6.31. The van der Waals surface area contributed by atoms with Gasteiger partial charge in [-0.3, -0.25) is 0 Å². The minimum atomic E-state index is -0.669. The van der Waals surface area contributed by atoms with Crippen LogP contribution in [-0.4, -0.2) is 34.9 Å². The molecule has 0 aliphatic carbocycles. The monoisotopic (exact) mass is 295 g/mol. The molecule has 0 radical (unpaired) electrons. The standard InChI is InChI=1S/C16H25NO2S/c1-15(2)8-12-6-5-7-13(14(12)19-15)9-17-10-16(3,18)11-20-4/h5-7,17-18H,8-11H2,1-4H3. The summed E-state index contributed by atoms with van der Waals surface area (Å²) < 4.78 is 6.05. The molecule has 0 spiro atoms. The maximum absolute atomic E-state index is 10.2. The average Bonchev–Trinajstić information content (AvgIpc) is 2.63. The topological polar surface area (TPSA) is 41.5 Å². The van der Waals surface area contributed by atoms with E-state index in [4.69, 9.17) is 4.74 Å². The molecule has 20 heavy (non-hydrogen) atoms. The third kappa shape index (κ3) is 3.90. The van der Waals surface area contributed by atoms with E-state index in [0.717, 1.165) is 24.5 Å². The third-order valence-electron chi connectivity index (χ3n) is 3.45. The Morgan fingerprint density at radius 3 is 2.90 bits per heavy atom. The molecule has 0 amide bonds. The summed E-state index contributed by atoms with van der Waals surface area (Å²) in [7, 11) is 0. The molecule has 1 aromatic rings. The number of benzene rings is 1. The molecule has 1 atom stereocenters. The maximum atomic E-state index is 10.2. The van der Waals surface area contributed by atoms with E-state index in [-0.39, 0.29) is 5.60 Å². The zero-order valence-electron chi connectivity index (χ0n) is 12.8. The molecule has 3 nitrogen and oxygen atoms in total. The molecule has 2 rings (SSSR count). The minimum Gasteiger partial charge on any atom is -0.487 e. The van der Waals surface area contributed by atoms with Gasteiger partial charge >= 0.3 is 0 Å². The number of hydrogen-bond acceptors (Lipinski definition) is 4. The molecule has 112 valence electrons. The van der Waals surface area contributed by atoms with Gasteiger partial charge in [0.25, 0.3) is 0 Å². The third-order valence-corrected chi connectivity index (χ3v) is 4.36. The first-order valence-electron chi connectivity index (χ1n) is 7.05. The number of rotatable bonds is 6. The normalized spacial score (nSPS) is 19.2. The van der Waals surface area contributed by atoms with Crippen LogP contribution in [0.4, 0.5) is 0 Å². The van der Waals surface area contributed by atoms with Gasteiger partial charge in [0.1, 0.15) is 11.4 Å². The Morgan fingerprint density at radius 1 is 1.45 bits per heavy atom. The maximum Gasteiger partial charge on any atom is 0.127 e. The number of ether oxygens (including phenoxy) is 1. The van der Waals surface area contributed by atoms with Crippen molar-refractivity contribution in [1.29, 1.82) is 0 Å². The van der Waals surface area contributed by atoms with Crippen LogP contribution in [0.1, 0.15) is 31.9 Å². The van der Waals surface area contributed by atoms with E-state index >= 15 is 0 Å². The van der Waals surface area contributed by atoms with Gasteiger partial charge in [-0.25, -0.2) is 0 Å². The van der Waals surface area contributed by atoms with Gasteiger partial charge in [0.2, 0.25) is 0 Å². The fourth-order valence-corrected chi connectivity index (χ4v) is 3.37. The van der Waals surface area contributed by atoms with Gasteiger partial charge in [0, 0.05) is 30.8 Å². The first-order chi connectivity index (χ1) is 9.33. The van der Waals surface area contributed by atoms with Crippen LogP contribution in [0.15, 0.2) is 18.2 Å². The minimum absolute atomic E-state index is 0.108. The quantitative estimate of drug-likeness (QED) is 0.846. The van der Waals surface area contributed by atoms with Crippen molar-refractivity contribution in [3.05, 3.63) is 29.3 Å². The summed E-state index contributed by atoms with van der Waals surface area (Å²) in [6.45, 7) is 7.41. The summed E-state index contributed by atoms with van der Waals surface area (Å²) >= 11 is 1.66. The van der Waals surface area contributed by atoms with Crippen molar-refractivity contribution < 1.29 is 9.84 Å². The van der Waals surface area contributed by atoms with Crippen LogP contribution in [0.3, 0.4) is 0 Å². The Kier molecular flexibility index (Phi) is 4.67. The second kappa shape index (κ2) is 5.96. The predicted octanol–water partition coefficient (Wildman–Crippen LogP) is 2.60. The molecule has 0 fully saturated rings. The van der Waals surface area contributed by atoms with Gasteiger partial charge in [0.15, 0.2) is 0 Å². The van der Waals surface area contributed by atoms with Crippen molar-refractivity contribution in [3.8, 4) is 5.75 Å². The first-order valence-corrected chi connectivity index (χ1v) is 8.44. The number of aliphatic hydroxyl groups is 1. The highest BCUT2D eigenvalue weighted by molar-refractivity contribution is 7.98. The van der Waals surface area contributed by atoms with Crippen molar-refractivity contribution in [2.75, 3.05) is 18.6 Å². The van der Waals surface area contributed by atoms with E-state index in [1.807, 2.05) is 13.2 Å². The highest BCUT2D eigenvalue weighted by Gasteiger charge is 2.31. The molecule has 1 aromatic carbocycles. The molecule has 4 heteroatoms. The van der Waals surface area contributed by atoms with Crippen LogP contribution in [0.5, 0.6) is 5.75 Å². The zero-order chi connectivity index (χ0) is 14.8. The van der Waals surface area contributed by atoms with Gasteiger partial charge < -0.3 is 15.2 Å². The second-order valence-corrected chi connectivity index (χ2v) is 7.34. The summed E-state index contributed by atoms with van der Waals surface area (Å²) in [6.07, 6.45) is 2.97. The van der Waals surface area contributed by atoms with E-state index in [9.17, 15) is 5.11 Å². The lowest BCUT2D eigenvalue weighted by Gasteiger charge is -2.23. The average molecular weight is 295 g/mol. The van der Waals surface area contributed by atoms with Crippen molar-refractivity contribution in [2.45, 2.75) is 44.9 Å². The van der Waals surface area contributed by atoms with Crippen molar-refractivity contribution >= 4 is 11.8 Å². The van der Waals surface area contributed by atoms with Gasteiger partial charge in [-0.1, -0.05) is 18.2 Å². The second-order valence-electron chi connectivity index (χ2n) is 6.48. The molecule has 0 aromatic heterocycles. The van der Waals surface area contributed by atoms with E-state index in [1.54, 1.807) is 11.8 Å². The molecule has 1 aliphatic heterocycles. The number of para-hydroxylation sites is 1. The Balaban J connectivity index is 1.97. The van der Waals surface area contributed by atoms with Crippen LogP contribution in [0.25, 0.3) is 0 Å². The summed E-state index contributed by atoms with van der Waals surface area (Å²) in [4.78, 5) is 0. The lowest BCUT2D eigenvalue weighted by molar-refractivity contribution is 0.0842. The SMILES string of the molecule is CSCC(C)(O)CNCc1cccc2c1OC(C)(C)C2. The van der Waals surface area contributed by atoms with Crippen molar-refractivity contribution in [1.82, 2.24) is 5.32 Å². The summed E-state index contributed by atoms with van der Waals surface area (Å²) in [5.41, 5.74) is 1.68. The van der Waals surface area contributed by atoms with Crippen LogP contribution < -0.4 is 10.1 Å². The largest absolute Gasteiger partial charge is 0.487 e. The molecule has 0 saturated carbocycles. The van der Waals surface area contributed by atoms with Gasteiger partial charge in [-0.05, 0) is 32.6 Å². The molecule has 1 aliphatic rings. The van der Waals surface area contributed by atoms with Crippen LogP contribution in [0, 0.1) is 0 Å². The molecular weight excluding hydrogens is 270 g/mol. The lowest BCUT2D eigenvalue weighted by Crippen LogP contribution is -2.39. The van der Waals surface area contributed by atoms with Crippen LogP contribution in [-0.2, 0) is 13.0 Å². The lowest BCUT2D eigenvalue weighted by atomic mass is 10.0. The molecule has 0 bridgehead atoms.